The summed E-state index contributed by atoms with van der Waals surface area (Å²) in [6.45, 7) is 4.46. The number of esters is 1. The van der Waals surface area contributed by atoms with Gasteiger partial charge >= 0.3 is 5.97 Å². The molecule has 0 bridgehead atoms. The quantitative estimate of drug-likeness (QED) is 0.267. The Labute approximate surface area is 257 Å². The summed E-state index contributed by atoms with van der Waals surface area (Å²) >= 11 is 0. The molecule has 0 unspecified atom stereocenters. The number of carbonyl (C=O) groups excluding carboxylic acids is 4. The monoisotopic (exact) mass is 627 g/mol. The third-order valence-electron chi connectivity index (χ3n) is 9.16. The highest BCUT2D eigenvalue weighted by Gasteiger charge is 2.48. The second-order valence-electron chi connectivity index (χ2n) is 12.4. The van der Waals surface area contributed by atoms with E-state index < -0.39 is 52.8 Å². The van der Waals surface area contributed by atoms with Gasteiger partial charge in [0.1, 0.15) is 28.8 Å². The molecule has 1 N–H and O–H groups in total. The van der Waals surface area contributed by atoms with Crippen molar-refractivity contribution in [2.45, 2.75) is 64.8 Å². The molecule has 3 fully saturated rings. The number of halogens is 2. The number of carbonyl (C=O) groups is 4. The van der Waals surface area contributed by atoms with Crippen molar-refractivity contribution in [2.75, 3.05) is 33.0 Å². The lowest BCUT2D eigenvalue weighted by Gasteiger charge is -2.36. The van der Waals surface area contributed by atoms with Gasteiger partial charge in [0.15, 0.2) is 5.69 Å². The highest BCUT2D eigenvalue weighted by molar-refractivity contribution is 6.02. The van der Waals surface area contributed by atoms with E-state index in [0.29, 0.717) is 25.7 Å². The van der Waals surface area contributed by atoms with Crippen LogP contribution in [0.2, 0.25) is 0 Å². The van der Waals surface area contributed by atoms with Crippen molar-refractivity contribution in [1.82, 2.24) is 24.6 Å². The molecule has 14 heteroatoms. The van der Waals surface area contributed by atoms with Crippen LogP contribution in [0.3, 0.4) is 0 Å². The minimum Gasteiger partial charge on any atom is -0.451 e. The van der Waals surface area contributed by atoms with Crippen LogP contribution in [-0.4, -0.2) is 88.1 Å². The molecule has 6 rings (SSSR count). The molecule has 12 nitrogen and oxygen atoms in total. The molecule has 0 radical (unpaired) electrons. The van der Waals surface area contributed by atoms with Crippen LogP contribution in [0, 0.1) is 17.0 Å². The van der Waals surface area contributed by atoms with Gasteiger partial charge in [0.2, 0.25) is 23.9 Å². The summed E-state index contributed by atoms with van der Waals surface area (Å²) in [7, 11) is 0. The molecular formula is C31H35F2N5O7. The number of rotatable bonds is 8. The van der Waals surface area contributed by atoms with Crippen molar-refractivity contribution in [3.8, 4) is 5.75 Å². The van der Waals surface area contributed by atoms with Crippen LogP contribution in [0.4, 0.5) is 8.78 Å². The van der Waals surface area contributed by atoms with Gasteiger partial charge in [0.25, 0.3) is 11.8 Å². The summed E-state index contributed by atoms with van der Waals surface area (Å²) in [4.78, 5) is 72.1. The Balaban J connectivity index is 1.26. The molecule has 4 aliphatic rings. The number of aromatic nitrogens is 1. The molecule has 1 aromatic carbocycles. The minimum atomic E-state index is -1.51. The molecule has 3 saturated heterocycles. The Morgan fingerprint density at radius 1 is 1.04 bits per heavy atom. The van der Waals surface area contributed by atoms with Crippen LogP contribution in [0.25, 0.3) is 0 Å². The fourth-order valence-electron chi connectivity index (χ4n) is 6.67. The van der Waals surface area contributed by atoms with Gasteiger partial charge in [-0.2, -0.15) is 0 Å². The fraction of sp³-hybridized carbons (Fsp3) is 0.516. The number of pyridine rings is 1. The highest BCUT2D eigenvalue weighted by atomic mass is 19.1. The second kappa shape index (κ2) is 11.9. The zero-order valence-electron chi connectivity index (χ0n) is 25.1. The molecule has 240 valence electrons. The van der Waals surface area contributed by atoms with Crippen molar-refractivity contribution in [2.24, 2.45) is 5.41 Å². The van der Waals surface area contributed by atoms with Gasteiger partial charge in [-0.15, -0.1) is 0 Å². The molecule has 45 heavy (non-hydrogen) atoms. The summed E-state index contributed by atoms with van der Waals surface area (Å²) in [6.07, 6.45) is 4.65. The Morgan fingerprint density at radius 3 is 2.53 bits per heavy atom. The second-order valence-corrected chi connectivity index (χ2v) is 12.4. The number of amides is 3. The van der Waals surface area contributed by atoms with E-state index in [2.05, 4.69) is 10.2 Å². The molecule has 5 heterocycles. The first-order chi connectivity index (χ1) is 21.5. The third-order valence-corrected chi connectivity index (χ3v) is 9.16. The van der Waals surface area contributed by atoms with Crippen molar-refractivity contribution in [1.29, 1.82) is 0 Å². The number of nitrogens with zero attached hydrogens (tertiary/aromatic N) is 4. The number of likely N-dealkylation sites (tertiary alicyclic amines) is 1. The molecule has 1 aromatic heterocycles. The van der Waals surface area contributed by atoms with Crippen molar-refractivity contribution < 1.29 is 37.4 Å². The Bertz CT molecular complexity index is 1620. The summed E-state index contributed by atoms with van der Waals surface area (Å²) in [5, 5.41) is 2.47. The van der Waals surface area contributed by atoms with E-state index in [0.717, 1.165) is 38.3 Å². The first-order valence-electron chi connectivity index (χ1n) is 15.1. The molecule has 3 amide bonds. The number of nitrogens with one attached hydrogen (secondary N) is 1. The maximum absolute atomic E-state index is 14.2. The lowest BCUT2D eigenvalue weighted by molar-refractivity contribution is -0.167. The maximum Gasteiger partial charge on any atom is 0.323 e. The smallest absolute Gasteiger partial charge is 0.323 e. The number of fused-ring (bicyclic) bond motifs is 4. The Hall–Kier alpha value is -4.33. The van der Waals surface area contributed by atoms with Gasteiger partial charge in [0, 0.05) is 56.6 Å². The van der Waals surface area contributed by atoms with Crippen molar-refractivity contribution in [3.05, 3.63) is 63.1 Å². The predicted octanol–water partition coefficient (Wildman–Crippen LogP) is 1.84. The SMILES string of the molecule is CC(C)(C(=O)OCOc1c2n(cc(C(=O)NCc3ccc(F)cc3F)c1=O)C[C@@H]1N(C[C@H]3CCCN31)C2=O)C(=O)N1CCCC1. The zero-order chi connectivity index (χ0) is 32.0. The molecule has 0 aliphatic carbocycles. The average molecular weight is 628 g/mol. The van der Waals surface area contributed by atoms with Gasteiger partial charge < -0.3 is 29.2 Å². The Kier molecular flexibility index (Phi) is 8.10. The van der Waals surface area contributed by atoms with Crippen LogP contribution in [0.1, 0.15) is 65.9 Å². The lowest BCUT2D eigenvalue weighted by atomic mass is 9.92. The van der Waals surface area contributed by atoms with E-state index in [-0.39, 0.29) is 48.0 Å². The van der Waals surface area contributed by atoms with Crippen LogP contribution in [-0.2, 0) is 27.4 Å². The molecular weight excluding hydrogens is 592 g/mol. The van der Waals surface area contributed by atoms with Crippen LogP contribution in [0.5, 0.6) is 5.75 Å². The van der Waals surface area contributed by atoms with E-state index in [4.69, 9.17) is 9.47 Å². The van der Waals surface area contributed by atoms with Crippen molar-refractivity contribution in [3.63, 3.8) is 0 Å². The van der Waals surface area contributed by atoms with Gasteiger partial charge in [-0.3, -0.25) is 28.9 Å². The third kappa shape index (κ3) is 5.55. The molecule has 0 saturated carbocycles. The van der Waals surface area contributed by atoms with Crippen LogP contribution in [0.15, 0.2) is 29.2 Å². The summed E-state index contributed by atoms with van der Waals surface area (Å²) in [5.41, 5.74) is -2.88. The standard InChI is InChI=1S/C31H35F2N5O7/c1-31(2,29(42)35-9-3-4-10-35)30(43)45-17-44-26-24-28(41)38-14-20-6-5-11-37(20)23(38)16-36(24)15-21(25(26)39)27(40)34-13-18-7-8-19(32)12-22(18)33/h7-8,12,15,20,23H,3-6,9-11,13-14,16-17H2,1-2H3,(H,34,40)/t20-,23+/m1/s1. The summed E-state index contributed by atoms with van der Waals surface area (Å²) in [5.74, 6) is -4.66. The number of benzene rings is 1. The van der Waals surface area contributed by atoms with Gasteiger partial charge in [-0.1, -0.05) is 6.07 Å². The van der Waals surface area contributed by atoms with E-state index in [1.54, 1.807) is 9.80 Å². The summed E-state index contributed by atoms with van der Waals surface area (Å²) < 4.78 is 40.0. The lowest BCUT2D eigenvalue weighted by Crippen LogP contribution is -2.51. The Morgan fingerprint density at radius 2 is 1.80 bits per heavy atom. The van der Waals surface area contributed by atoms with E-state index >= 15 is 0 Å². The first kappa shape index (κ1) is 30.7. The summed E-state index contributed by atoms with van der Waals surface area (Å²) in [6, 6.07) is 3.11. The van der Waals surface area contributed by atoms with E-state index in [1.807, 2.05) is 0 Å². The van der Waals surface area contributed by atoms with Gasteiger partial charge in [-0.05, 0) is 45.6 Å². The first-order valence-corrected chi connectivity index (χ1v) is 15.1. The van der Waals surface area contributed by atoms with E-state index in [9.17, 15) is 32.8 Å². The van der Waals surface area contributed by atoms with Gasteiger partial charge in [-0.25, -0.2) is 8.78 Å². The zero-order valence-corrected chi connectivity index (χ0v) is 25.1. The van der Waals surface area contributed by atoms with E-state index in [1.165, 1.54) is 30.7 Å². The normalized spacial score (nSPS) is 20.9. The predicted molar refractivity (Wildman–Crippen MR) is 154 cm³/mol. The largest absolute Gasteiger partial charge is 0.451 e. The number of hydrogen-bond donors (Lipinski definition) is 1. The van der Waals surface area contributed by atoms with Crippen LogP contribution >= 0.6 is 0 Å². The molecule has 4 aliphatic heterocycles. The topological polar surface area (TPSA) is 130 Å². The molecule has 2 atom stereocenters. The fourth-order valence-corrected chi connectivity index (χ4v) is 6.67. The minimum absolute atomic E-state index is 0.00846. The van der Waals surface area contributed by atoms with Crippen molar-refractivity contribution >= 4 is 23.7 Å². The molecule has 2 aromatic rings. The van der Waals surface area contributed by atoms with Crippen LogP contribution < -0.4 is 15.5 Å². The maximum atomic E-state index is 14.2. The molecule has 0 spiro atoms. The number of hydrogen-bond acceptors (Lipinski definition) is 8. The highest BCUT2D eigenvalue weighted by Crippen LogP contribution is 2.35. The average Bonchev–Trinajstić information content (AvgIpc) is 3.76. The van der Waals surface area contributed by atoms with Gasteiger partial charge in [0.05, 0.1) is 6.54 Å². The number of ether oxygens (including phenoxy) is 2.